The van der Waals surface area contributed by atoms with E-state index >= 15 is 0 Å². The van der Waals surface area contributed by atoms with Crippen molar-refractivity contribution in [2.45, 2.75) is 18.3 Å². The van der Waals surface area contributed by atoms with Gasteiger partial charge in [0.25, 0.3) is 0 Å². The van der Waals surface area contributed by atoms with Crippen molar-refractivity contribution in [1.29, 1.82) is 0 Å². The monoisotopic (exact) mass is 767 g/mol. The van der Waals surface area contributed by atoms with E-state index in [0.717, 1.165) is 29.9 Å². The highest BCUT2D eigenvalue weighted by molar-refractivity contribution is 7.25. The van der Waals surface area contributed by atoms with Crippen molar-refractivity contribution in [3.63, 3.8) is 0 Å². The summed E-state index contributed by atoms with van der Waals surface area (Å²) in [5.41, 5.74) is 19.4. The molecule has 13 rings (SSSR count). The molecule has 1 atom stereocenters. The van der Waals surface area contributed by atoms with Gasteiger partial charge in [0.15, 0.2) is 0 Å². The van der Waals surface area contributed by atoms with Crippen LogP contribution in [0.25, 0.3) is 70.4 Å². The van der Waals surface area contributed by atoms with Crippen molar-refractivity contribution in [2.24, 2.45) is 0 Å². The Morgan fingerprint density at radius 2 is 1.05 bits per heavy atom. The van der Waals surface area contributed by atoms with Gasteiger partial charge < -0.3 is 4.90 Å². The van der Waals surface area contributed by atoms with Crippen LogP contribution in [0.15, 0.2) is 194 Å². The molecule has 3 aliphatic carbocycles. The predicted octanol–water partition coefficient (Wildman–Crippen LogP) is 15.6. The van der Waals surface area contributed by atoms with Crippen molar-refractivity contribution in [2.75, 3.05) is 4.90 Å². The molecule has 0 bridgehead atoms. The SMILES string of the molecule is C1=Cc2cc3c(cc2CC1)-c1ccccc1C31c2ccccc2-c2cc(-c3ccc4sc5ccc(N(c6ccccc6)c6ccc7ccccc7c6)cc5c4c3)ccc21. The van der Waals surface area contributed by atoms with E-state index < -0.39 is 0 Å². The molecule has 0 saturated carbocycles. The molecule has 9 aromatic carbocycles. The molecule has 1 spiro atoms. The van der Waals surface area contributed by atoms with Gasteiger partial charge in [-0.25, -0.2) is 0 Å². The van der Waals surface area contributed by atoms with E-state index in [9.17, 15) is 0 Å². The number of hydrogen-bond acceptors (Lipinski definition) is 2. The Bertz CT molecular complexity index is 3410. The van der Waals surface area contributed by atoms with Gasteiger partial charge in [0.2, 0.25) is 0 Å². The topological polar surface area (TPSA) is 3.24 Å². The highest BCUT2D eigenvalue weighted by atomic mass is 32.1. The first-order chi connectivity index (χ1) is 29.2. The van der Waals surface area contributed by atoms with Crippen LogP contribution < -0.4 is 4.90 Å². The van der Waals surface area contributed by atoms with E-state index in [1.54, 1.807) is 0 Å². The molecule has 276 valence electrons. The van der Waals surface area contributed by atoms with Gasteiger partial charge in [-0.3, -0.25) is 0 Å². The van der Waals surface area contributed by atoms with Gasteiger partial charge >= 0.3 is 0 Å². The average molecular weight is 768 g/mol. The fourth-order valence-electron chi connectivity index (χ4n) is 10.7. The maximum Gasteiger partial charge on any atom is 0.0725 e. The van der Waals surface area contributed by atoms with Gasteiger partial charge in [-0.05, 0) is 157 Å². The number of anilines is 3. The van der Waals surface area contributed by atoms with Crippen LogP contribution in [0.1, 0.15) is 39.8 Å². The Hall–Kier alpha value is -7.00. The number of fused-ring (bicyclic) bond motifs is 15. The van der Waals surface area contributed by atoms with E-state index in [0.29, 0.717) is 0 Å². The van der Waals surface area contributed by atoms with Crippen LogP contribution in [0.4, 0.5) is 17.1 Å². The maximum atomic E-state index is 2.52. The molecule has 0 radical (unpaired) electrons. The molecule has 3 aliphatic rings. The molecule has 0 fully saturated rings. The van der Waals surface area contributed by atoms with Gasteiger partial charge in [-0.2, -0.15) is 0 Å². The molecule has 0 aliphatic heterocycles. The smallest absolute Gasteiger partial charge is 0.0725 e. The zero-order chi connectivity index (χ0) is 38.7. The molecule has 1 nitrogen and oxygen atoms in total. The summed E-state index contributed by atoms with van der Waals surface area (Å²) in [6, 6.07) is 70.8. The standard InChI is InChI=1S/C57H37NS/c1-2-16-42(17-3-1)58(43-25-22-36-12-4-5-13-37(36)30-43)44-26-29-56-50(35-44)49-33-41(24-28-55(49)59-56)40-23-27-53-47(32-40)45-18-8-10-20-51(45)57(53)52-21-11-9-19-46(52)48-31-38-14-6-7-15-39(38)34-54(48)57/h1-5,7-13,15-35H,6,14H2. The minimum Gasteiger partial charge on any atom is -0.310 e. The Kier molecular flexibility index (Phi) is 7.00. The first kappa shape index (κ1) is 33.0. The number of thiophene rings is 1. The van der Waals surface area contributed by atoms with E-state index in [1.807, 2.05) is 11.3 Å². The number of rotatable bonds is 4. The van der Waals surface area contributed by atoms with Crippen LogP contribution in [0.3, 0.4) is 0 Å². The van der Waals surface area contributed by atoms with Crippen LogP contribution >= 0.6 is 11.3 Å². The second-order valence-corrected chi connectivity index (χ2v) is 17.4. The summed E-state index contributed by atoms with van der Waals surface area (Å²) in [6.45, 7) is 0. The van der Waals surface area contributed by atoms with Gasteiger partial charge in [-0.15, -0.1) is 11.3 Å². The Balaban J connectivity index is 0.968. The third-order valence-corrected chi connectivity index (χ3v) is 14.4. The lowest BCUT2D eigenvalue weighted by molar-refractivity contribution is 0.792. The van der Waals surface area contributed by atoms with Gasteiger partial charge in [-0.1, -0.05) is 133 Å². The Morgan fingerprint density at radius 3 is 1.88 bits per heavy atom. The van der Waals surface area contributed by atoms with E-state index in [-0.39, 0.29) is 5.41 Å². The van der Waals surface area contributed by atoms with Crippen molar-refractivity contribution < 1.29 is 0 Å². The van der Waals surface area contributed by atoms with Crippen molar-refractivity contribution in [3.8, 4) is 33.4 Å². The van der Waals surface area contributed by atoms with Crippen LogP contribution in [-0.4, -0.2) is 0 Å². The first-order valence-corrected chi connectivity index (χ1v) is 21.5. The van der Waals surface area contributed by atoms with E-state index in [1.165, 1.54) is 97.7 Å². The summed E-state index contributed by atoms with van der Waals surface area (Å²) < 4.78 is 2.60. The minimum absolute atomic E-state index is 0.351. The van der Waals surface area contributed by atoms with Crippen molar-refractivity contribution >= 4 is 65.4 Å². The molecule has 10 aromatic rings. The molecular weight excluding hydrogens is 731 g/mol. The zero-order valence-electron chi connectivity index (χ0n) is 32.3. The number of aryl methyl sites for hydroxylation is 1. The van der Waals surface area contributed by atoms with Crippen LogP contribution in [-0.2, 0) is 11.8 Å². The molecule has 1 heterocycles. The van der Waals surface area contributed by atoms with Crippen LogP contribution in [0, 0.1) is 0 Å². The summed E-state index contributed by atoms with van der Waals surface area (Å²) in [5, 5.41) is 5.06. The fraction of sp³-hybridized carbons (Fsp3) is 0.0526. The van der Waals surface area contributed by atoms with Crippen molar-refractivity contribution in [3.05, 3.63) is 228 Å². The molecule has 0 N–H and O–H groups in total. The largest absolute Gasteiger partial charge is 0.310 e. The second kappa shape index (κ2) is 12.5. The van der Waals surface area contributed by atoms with Crippen LogP contribution in [0.5, 0.6) is 0 Å². The summed E-state index contributed by atoms with van der Waals surface area (Å²) in [7, 11) is 0. The zero-order valence-corrected chi connectivity index (χ0v) is 33.1. The Morgan fingerprint density at radius 1 is 0.424 bits per heavy atom. The molecule has 0 amide bonds. The van der Waals surface area contributed by atoms with Gasteiger partial charge in [0, 0.05) is 37.2 Å². The average Bonchev–Trinajstić information content (AvgIpc) is 3.91. The summed E-state index contributed by atoms with van der Waals surface area (Å²) in [6.07, 6.45) is 6.89. The van der Waals surface area contributed by atoms with Crippen molar-refractivity contribution in [1.82, 2.24) is 0 Å². The van der Waals surface area contributed by atoms with Crippen LogP contribution in [0.2, 0.25) is 0 Å². The highest BCUT2D eigenvalue weighted by Gasteiger charge is 2.51. The quantitative estimate of drug-likeness (QED) is 0.172. The molecule has 59 heavy (non-hydrogen) atoms. The third kappa shape index (κ3) is 4.72. The fourth-order valence-corrected chi connectivity index (χ4v) is 11.7. The molecule has 1 unspecified atom stereocenters. The summed E-state index contributed by atoms with van der Waals surface area (Å²) in [5.74, 6) is 0. The predicted molar refractivity (Wildman–Crippen MR) is 251 cm³/mol. The maximum absolute atomic E-state index is 2.52. The summed E-state index contributed by atoms with van der Waals surface area (Å²) in [4.78, 5) is 2.39. The number of para-hydroxylation sites is 1. The highest BCUT2D eigenvalue weighted by Crippen LogP contribution is 2.63. The number of benzene rings is 9. The molecule has 1 aromatic heterocycles. The summed E-state index contributed by atoms with van der Waals surface area (Å²) >= 11 is 1.88. The van der Waals surface area contributed by atoms with E-state index in [4.69, 9.17) is 0 Å². The molecule has 0 saturated heterocycles. The number of hydrogen-bond donors (Lipinski definition) is 0. The van der Waals surface area contributed by atoms with Gasteiger partial charge in [0.1, 0.15) is 0 Å². The first-order valence-electron chi connectivity index (χ1n) is 20.7. The minimum atomic E-state index is -0.351. The lowest BCUT2D eigenvalue weighted by Crippen LogP contribution is -2.26. The normalized spacial score (nSPS) is 15.7. The number of nitrogens with zero attached hydrogens (tertiary/aromatic N) is 1. The van der Waals surface area contributed by atoms with Gasteiger partial charge in [0.05, 0.1) is 5.41 Å². The van der Waals surface area contributed by atoms with E-state index in [2.05, 4.69) is 205 Å². The lowest BCUT2D eigenvalue weighted by atomic mass is 9.70. The molecule has 2 heteroatoms. The number of allylic oxidation sites excluding steroid dienone is 1. The second-order valence-electron chi connectivity index (χ2n) is 16.3. The Labute approximate surface area is 347 Å². The molecular formula is C57H37NS. The third-order valence-electron chi connectivity index (χ3n) is 13.3. The lowest BCUT2D eigenvalue weighted by Gasteiger charge is -2.31.